The third-order valence-electron chi connectivity index (χ3n) is 3.47. The van der Waals surface area contributed by atoms with Gasteiger partial charge in [0.1, 0.15) is 0 Å². The summed E-state index contributed by atoms with van der Waals surface area (Å²) < 4.78 is 5.56. The summed E-state index contributed by atoms with van der Waals surface area (Å²) in [6.07, 6.45) is 5.30. The van der Waals surface area contributed by atoms with E-state index in [1.54, 1.807) is 0 Å². The molecular weight excluding hydrogens is 176 g/mol. The Hall–Kier alpha value is -0.120. The van der Waals surface area contributed by atoms with E-state index in [0.29, 0.717) is 6.04 Å². The van der Waals surface area contributed by atoms with E-state index in [9.17, 15) is 0 Å². The molecule has 2 rings (SSSR count). The molecule has 1 N–H and O–H groups in total. The van der Waals surface area contributed by atoms with Gasteiger partial charge in [0.2, 0.25) is 0 Å². The van der Waals surface area contributed by atoms with Crippen molar-refractivity contribution in [1.29, 1.82) is 0 Å². The average Bonchev–Trinajstić information content (AvgIpc) is 2.68. The van der Waals surface area contributed by atoms with Crippen LogP contribution in [0.3, 0.4) is 0 Å². The quantitative estimate of drug-likeness (QED) is 0.727. The number of ether oxygens (including phenoxy) is 1. The van der Waals surface area contributed by atoms with E-state index in [-0.39, 0.29) is 0 Å². The molecule has 0 amide bonds. The Morgan fingerprint density at radius 2 is 2.29 bits per heavy atom. The largest absolute Gasteiger partial charge is 0.380 e. The number of nitrogens with one attached hydrogen (secondary N) is 1. The van der Waals surface area contributed by atoms with Gasteiger partial charge in [-0.1, -0.05) is 0 Å². The Labute approximate surface area is 86.8 Å². The number of likely N-dealkylation sites (N-methyl/N-ethyl adjacent to an activating group) is 1. The van der Waals surface area contributed by atoms with Gasteiger partial charge in [0.15, 0.2) is 0 Å². The molecule has 0 radical (unpaired) electrons. The summed E-state index contributed by atoms with van der Waals surface area (Å²) in [5.74, 6) is 0. The molecule has 2 saturated heterocycles. The molecule has 0 aromatic rings. The summed E-state index contributed by atoms with van der Waals surface area (Å²) >= 11 is 0. The van der Waals surface area contributed by atoms with Gasteiger partial charge in [0.25, 0.3) is 0 Å². The van der Waals surface area contributed by atoms with E-state index >= 15 is 0 Å². The van der Waals surface area contributed by atoms with Gasteiger partial charge < -0.3 is 10.1 Å². The first-order valence-corrected chi connectivity index (χ1v) is 5.90. The smallest absolute Gasteiger partial charge is 0.0621 e. The summed E-state index contributed by atoms with van der Waals surface area (Å²) in [6, 6.07) is 1.45. The Balaban J connectivity index is 1.87. The second-order valence-electron chi connectivity index (χ2n) is 4.46. The lowest BCUT2D eigenvalue weighted by Crippen LogP contribution is -2.46. The van der Waals surface area contributed by atoms with E-state index in [2.05, 4.69) is 10.2 Å². The molecule has 0 aliphatic carbocycles. The second kappa shape index (κ2) is 5.10. The fraction of sp³-hybridized carbons (Fsp3) is 1.00. The minimum Gasteiger partial charge on any atom is -0.380 e. The zero-order valence-corrected chi connectivity index (χ0v) is 9.17. The van der Waals surface area contributed by atoms with Crippen LogP contribution < -0.4 is 5.32 Å². The van der Waals surface area contributed by atoms with Crippen LogP contribution in [-0.4, -0.2) is 50.3 Å². The van der Waals surface area contributed by atoms with Crippen LogP contribution in [0, 0.1) is 0 Å². The summed E-state index contributed by atoms with van der Waals surface area (Å²) in [6.45, 7) is 4.35. The van der Waals surface area contributed by atoms with E-state index in [0.717, 1.165) is 25.8 Å². The lowest BCUT2D eigenvalue weighted by molar-refractivity contribution is 0.0132. The van der Waals surface area contributed by atoms with Crippen LogP contribution in [0.25, 0.3) is 0 Å². The summed E-state index contributed by atoms with van der Waals surface area (Å²) in [7, 11) is 2.05. The van der Waals surface area contributed by atoms with Crippen molar-refractivity contribution in [1.82, 2.24) is 10.2 Å². The molecule has 2 aliphatic heterocycles. The van der Waals surface area contributed by atoms with Crippen LogP contribution in [0.5, 0.6) is 0 Å². The van der Waals surface area contributed by atoms with Crippen molar-refractivity contribution in [3.63, 3.8) is 0 Å². The molecule has 2 heterocycles. The zero-order chi connectivity index (χ0) is 9.80. The highest BCUT2D eigenvalue weighted by atomic mass is 16.5. The molecule has 2 fully saturated rings. The van der Waals surface area contributed by atoms with Crippen molar-refractivity contribution in [2.75, 3.05) is 33.4 Å². The maximum absolute atomic E-state index is 5.56. The molecule has 0 spiro atoms. The number of rotatable bonds is 3. The van der Waals surface area contributed by atoms with Gasteiger partial charge in [0.05, 0.1) is 6.61 Å². The molecule has 0 saturated carbocycles. The number of hydrogen-bond donors (Lipinski definition) is 1. The number of hydrogen-bond acceptors (Lipinski definition) is 3. The minimum atomic E-state index is 0.699. The second-order valence-corrected chi connectivity index (χ2v) is 4.46. The standard InChI is InChI=1S/C11H22N2O/c1-12-8-10-4-2-6-13(10)11-5-3-7-14-9-11/h10-12H,2-9H2,1H3. The van der Waals surface area contributed by atoms with Gasteiger partial charge in [-0.05, 0) is 39.3 Å². The molecule has 2 unspecified atom stereocenters. The van der Waals surface area contributed by atoms with Gasteiger partial charge >= 0.3 is 0 Å². The van der Waals surface area contributed by atoms with E-state index in [1.165, 1.54) is 32.2 Å². The highest BCUT2D eigenvalue weighted by Crippen LogP contribution is 2.23. The fourth-order valence-electron chi connectivity index (χ4n) is 2.78. The van der Waals surface area contributed by atoms with Gasteiger partial charge in [-0.3, -0.25) is 4.90 Å². The predicted molar refractivity (Wildman–Crippen MR) is 57.5 cm³/mol. The van der Waals surface area contributed by atoms with Gasteiger partial charge in [-0.15, -0.1) is 0 Å². The van der Waals surface area contributed by atoms with Crippen LogP contribution in [0.4, 0.5) is 0 Å². The minimum absolute atomic E-state index is 0.699. The molecule has 0 aromatic carbocycles. The van der Waals surface area contributed by atoms with Gasteiger partial charge in [-0.25, -0.2) is 0 Å². The fourth-order valence-corrected chi connectivity index (χ4v) is 2.78. The Kier molecular flexibility index (Phi) is 3.79. The summed E-state index contributed by atoms with van der Waals surface area (Å²) in [5, 5.41) is 3.30. The summed E-state index contributed by atoms with van der Waals surface area (Å²) in [5.41, 5.74) is 0. The Morgan fingerprint density at radius 3 is 3.00 bits per heavy atom. The van der Waals surface area contributed by atoms with Crippen molar-refractivity contribution in [3.8, 4) is 0 Å². The van der Waals surface area contributed by atoms with E-state index in [4.69, 9.17) is 4.74 Å². The first-order valence-electron chi connectivity index (χ1n) is 5.90. The van der Waals surface area contributed by atoms with Crippen LogP contribution in [0.2, 0.25) is 0 Å². The number of nitrogens with zero attached hydrogens (tertiary/aromatic N) is 1. The molecule has 0 bridgehead atoms. The van der Waals surface area contributed by atoms with E-state index < -0.39 is 0 Å². The molecule has 82 valence electrons. The molecule has 0 aromatic heterocycles. The van der Waals surface area contributed by atoms with Crippen molar-refractivity contribution in [3.05, 3.63) is 0 Å². The average molecular weight is 198 g/mol. The third-order valence-corrected chi connectivity index (χ3v) is 3.47. The zero-order valence-electron chi connectivity index (χ0n) is 9.17. The normalized spacial score (nSPS) is 34.9. The molecule has 3 nitrogen and oxygen atoms in total. The molecule has 3 heteroatoms. The molecule has 2 aliphatic rings. The Bertz CT molecular complexity index is 169. The molecular formula is C11H22N2O. The lowest BCUT2D eigenvalue weighted by atomic mass is 10.1. The maximum Gasteiger partial charge on any atom is 0.0621 e. The lowest BCUT2D eigenvalue weighted by Gasteiger charge is -2.35. The van der Waals surface area contributed by atoms with Crippen LogP contribution in [0.15, 0.2) is 0 Å². The number of likely N-dealkylation sites (tertiary alicyclic amines) is 1. The SMILES string of the molecule is CNCC1CCCN1C1CCCOC1. The van der Waals surface area contributed by atoms with Gasteiger partial charge in [0, 0.05) is 25.2 Å². The van der Waals surface area contributed by atoms with E-state index in [1.807, 2.05) is 7.05 Å². The topological polar surface area (TPSA) is 24.5 Å². The predicted octanol–water partition coefficient (Wildman–Crippen LogP) is 0.849. The first-order chi connectivity index (χ1) is 6.92. The highest BCUT2D eigenvalue weighted by Gasteiger charge is 2.31. The van der Waals surface area contributed by atoms with Crippen molar-refractivity contribution >= 4 is 0 Å². The Morgan fingerprint density at radius 1 is 1.36 bits per heavy atom. The van der Waals surface area contributed by atoms with Gasteiger partial charge in [-0.2, -0.15) is 0 Å². The third kappa shape index (κ3) is 2.27. The highest BCUT2D eigenvalue weighted by molar-refractivity contribution is 4.86. The van der Waals surface area contributed by atoms with Crippen LogP contribution in [-0.2, 0) is 4.74 Å². The monoisotopic (exact) mass is 198 g/mol. The maximum atomic E-state index is 5.56. The van der Waals surface area contributed by atoms with Crippen molar-refractivity contribution < 1.29 is 4.74 Å². The summed E-state index contributed by atoms with van der Waals surface area (Å²) in [4.78, 5) is 2.66. The van der Waals surface area contributed by atoms with Crippen LogP contribution in [0.1, 0.15) is 25.7 Å². The van der Waals surface area contributed by atoms with Crippen molar-refractivity contribution in [2.45, 2.75) is 37.8 Å². The first kappa shape index (κ1) is 10.4. The molecule has 2 atom stereocenters. The van der Waals surface area contributed by atoms with Crippen LogP contribution >= 0.6 is 0 Å². The van der Waals surface area contributed by atoms with Crippen molar-refractivity contribution in [2.24, 2.45) is 0 Å². The molecule has 14 heavy (non-hydrogen) atoms.